The summed E-state index contributed by atoms with van der Waals surface area (Å²) in [6, 6.07) is 13.6. The van der Waals surface area contributed by atoms with E-state index in [-0.39, 0.29) is 53.9 Å². The number of amides is 2. The molecule has 2 aliphatic rings. The number of carbonyl (C=O) groups is 2. The summed E-state index contributed by atoms with van der Waals surface area (Å²) >= 11 is 6.16. The zero-order valence-electron chi connectivity index (χ0n) is 29.9. The lowest BCUT2D eigenvalue weighted by atomic mass is 9.76. The number of nitrogens with two attached hydrogens (primary N) is 1. The Morgan fingerprint density at radius 3 is 2.31 bits per heavy atom. The molecule has 2 heterocycles. The molecule has 3 aromatic rings. The van der Waals surface area contributed by atoms with E-state index in [1.807, 2.05) is 12.1 Å². The molecule has 14 heteroatoms. The van der Waals surface area contributed by atoms with Crippen molar-refractivity contribution in [3.8, 4) is 0 Å². The Hall–Kier alpha value is -3.62. The predicted molar refractivity (Wildman–Crippen MR) is 196 cm³/mol. The summed E-state index contributed by atoms with van der Waals surface area (Å²) in [6.45, 7) is 8.01. The lowest BCUT2D eigenvalue weighted by Crippen LogP contribution is -2.61. The average molecular weight is 761 g/mol. The highest BCUT2D eigenvalue weighted by molar-refractivity contribution is 7.89. The van der Waals surface area contributed by atoms with Crippen molar-refractivity contribution in [3.05, 3.63) is 94.5 Å². The van der Waals surface area contributed by atoms with Crippen LogP contribution in [0.2, 0.25) is 5.02 Å². The van der Waals surface area contributed by atoms with E-state index in [2.05, 4.69) is 5.32 Å². The molecule has 0 radical (unpaired) electrons. The second kappa shape index (κ2) is 16.6. The van der Waals surface area contributed by atoms with Crippen molar-refractivity contribution in [2.45, 2.75) is 87.9 Å². The fourth-order valence-electron chi connectivity index (χ4n) is 7.18. The Labute approximate surface area is 309 Å². The third-order valence-electron chi connectivity index (χ3n) is 9.57. The van der Waals surface area contributed by atoms with E-state index in [1.165, 1.54) is 33.5 Å². The lowest BCUT2D eigenvalue weighted by Gasteiger charge is -2.44. The zero-order chi connectivity index (χ0) is 37.8. The van der Waals surface area contributed by atoms with E-state index in [0.29, 0.717) is 18.2 Å². The second-order valence-corrected chi connectivity index (χ2v) is 16.8. The van der Waals surface area contributed by atoms with Gasteiger partial charge in [-0.3, -0.25) is 4.79 Å². The number of rotatable bonds is 10. The molecule has 3 N–H and O–H groups in total. The fourth-order valence-corrected chi connectivity index (χ4v) is 9.13. The van der Waals surface area contributed by atoms with Gasteiger partial charge in [-0.15, -0.1) is 0 Å². The molecule has 10 nitrogen and oxygen atoms in total. The molecule has 52 heavy (non-hydrogen) atoms. The summed E-state index contributed by atoms with van der Waals surface area (Å²) in [7, 11) is -4.18. The number of hydrogen-bond acceptors (Lipinski definition) is 7. The van der Waals surface area contributed by atoms with Crippen LogP contribution in [0.5, 0.6) is 0 Å². The third-order valence-corrected chi connectivity index (χ3v) is 11.9. The first-order valence-electron chi connectivity index (χ1n) is 17.5. The number of carbonyl (C=O) groups excluding carboxylic acids is 2. The van der Waals surface area contributed by atoms with Crippen molar-refractivity contribution in [1.29, 1.82) is 0 Å². The van der Waals surface area contributed by atoms with Gasteiger partial charge >= 0.3 is 6.09 Å². The normalized spacial score (nSPS) is 20.3. The molecule has 0 spiro atoms. The van der Waals surface area contributed by atoms with Crippen molar-refractivity contribution in [3.63, 3.8) is 0 Å². The van der Waals surface area contributed by atoms with Gasteiger partial charge in [-0.2, -0.15) is 4.31 Å². The van der Waals surface area contributed by atoms with E-state index < -0.39 is 57.4 Å². The second-order valence-electron chi connectivity index (χ2n) is 14.5. The number of nitrogens with one attached hydrogen (secondary N) is 1. The SMILES string of the molecule is CC1CN(C(=O)OC(C)(C)C)CC(CCc2c(F)cccc2NC(=O)C(N)C(c2ccc(Cl)cc2)C2CCOCC2)N1S(=O)(=O)c1ccc(F)cc1. The lowest BCUT2D eigenvalue weighted by molar-refractivity contribution is -0.118. The third kappa shape index (κ3) is 9.48. The number of nitrogens with zero attached hydrogens (tertiary/aromatic N) is 2. The maximum Gasteiger partial charge on any atom is 0.410 e. The van der Waals surface area contributed by atoms with Crippen LogP contribution < -0.4 is 11.1 Å². The van der Waals surface area contributed by atoms with Crippen LogP contribution in [0, 0.1) is 17.6 Å². The van der Waals surface area contributed by atoms with Gasteiger partial charge < -0.3 is 25.4 Å². The molecule has 0 saturated carbocycles. The van der Waals surface area contributed by atoms with Crippen LogP contribution in [0.3, 0.4) is 0 Å². The molecule has 4 atom stereocenters. The van der Waals surface area contributed by atoms with Crippen molar-refractivity contribution in [2.75, 3.05) is 31.6 Å². The molecule has 2 saturated heterocycles. The standard InChI is InChI=1S/C38H47ClF2N4O6S/c1-24-22-44(37(47)51-38(2,3)4)23-29(45(24)52(48,49)30-15-12-28(40)13-16-30)14-17-31-32(41)6-5-7-33(31)43-36(46)35(42)34(26-18-20-50-21-19-26)25-8-10-27(39)11-9-25/h5-13,15-16,24,26,29,34-35H,14,17-23,42H2,1-4H3,(H,43,46). The summed E-state index contributed by atoms with van der Waals surface area (Å²) in [5.74, 6) is -1.96. The highest BCUT2D eigenvalue weighted by atomic mass is 35.5. The number of sulfonamides is 1. The maximum absolute atomic E-state index is 15.6. The molecule has 2 fully saturated rings. The maximum atomic E-state index is 15.6. The summed E-state index contributed by atoms with van der Waals surface area (Å²) < 4.78 is 69.9. The van der Waals surface area contributed by atoms with Gasteiger partial charge in [-0.05, 0) is 113 Å². The monoisotopic (exact) mass is 760 g/mol. The van der Waals surface area contributed by atoms with Gasteiger partial charge in [0, 0.05) is 60.6 Å². The molecule has 2 aliphatic heterocycles. The fraction of sp³-hybridized carbons (Fsp3) is 0.474. The quantitative estimate of drug-likeness (QED) is 0.235. The smallest absolute Gasteiger partial charge is 0.410 e. The van der Waals surface area contributed by atoms with E-state index in [1.54, 1.807) is 45.9 Å². The first kappa shape index (κ1) is 39.6. The summed E-state index contributed by atoms with van der Waals surface area (Å²) in [5, 5.41) is 3.42. The Morgan fingerprint density at radius 1 is 1.02 bits per heavy atom. The number of benzene rings is 3. The van der Waals surface area contributed by atoms with Crippen LogP contribution in [0.1, 0.15) is 64.0 Å². The Kier molecular flexibility index (Phi) is 12.6. The van der Waals surface area contributed by atoms with Gasteiger partial charge in [0.15, 0.2) is 0 Å². The van der Waals surface area contributed by atoms with Crippen molar-refractivity contribution < 1.29 is 36.3 Å². The number of ether oxygens (including phenoxy) is 2. The molecule has 0 aliphatic carbocycles. The molecule has 3 aromatic carbocycles. The van der Waals surface area contributed by atoms with Crippen LogP contribution in [0.4, 0.5) is 19.3 Å². The average Bonchev–Trinajstić information content (AvgIpc) is 3.08. The molecule has 4 unspecified atom stereocenters. The first-order valence-corrected chi connectivity index (χ1v) is 19.3. The number of hydrogen-bond donors (Lipinski definition) is 2. The highest BCUT2D eigenvalue weighted by Crippen LogP contribution is 2.36. The molecule has 5 rings (SSSR count). The van der Waals surface area contributed by atoms with Crippen molar-refractivity contribution in [2.24, 2.45) is 11.7 Å². The predicted octanol–water partition coefficient (Wildman–Crippen LogP) is 6.73. The number of halogens is 3. The Balaban J connectivity index is 1.41. The van der Waals surface area contributed by atoms with Gasteiger partial charge in [0.05, 0.1) is 10.9 Å². The topological polar surface area (TPSA) is 131 Å². The van der Waals surface area contributed by atoms with Crippen LogP contribution in [-0.2, 0) is 30.7 Å². The summed E-state index contributed by atoms with van der Waals surface area (Å²) in [4.78, 5) is 28.4. The molecular weight excluding hydrogens is 714 g/mol. The zero-order valence-corrected chi connectivity index (χ0v) is 31.4. The van der Waals surface area contributed by atoms with Gasteiger partial charge in [0.25, 0.3) is 0 Å². The van der Waals surface area contributed by atoms with E-state index in [0.717, 1.165) is 30.5 Å². The van der Waals surface area contributed by atoms with Gasteiger partial charge in [0.2, 0.25) is 15.9 Å². The van der Waals surface area contributed by atoms with Crippen LogP contribution in [0.15, 0.2) is 71.6 Å². The first-order chi connectivity index (χ1) is 24.5. The molecule has 0 bridgehead atoms. The van der Waals surface area contributed by atoms with Crippen molar-refractivity contribution >= 4 is 39.3 Å². The largest absolute Gasteiger partial charge is 0.444 e. The molecule has 2 amide bonds. The van der Waals surface area contributed by atoms with Gasteiger partial charge in [-0.25, -0.2) is 22.0 Å². The van der Waals surface area contributed by atoms with E-state index >= 15 is 4.39 Å². The minimum atomic E-state index is -4.18. The van der Waals surface area contributed by atoms with Crippen LogP contribution in [0.25, 0.3) is 0 Å². The molecule has 282 valence electrons. The van der Waals surface area contributed by atoms with Gasteiger partial charge in [-0.1, -0.05) is 29.8 Å². The van der Waals surface area contributed by atoms with E-state index in [4.69, 9.17) is 26.8 Å². The number of anilines is 1. The molecular formula is C38H47ClF2N4O6S. The number of piperazine rings is 1. The Bertz CT molecular complexity index is 1820. The van der Waals surface area contributed by atoms with E-state index in [9.17, 15) is 22.4 Å². The van der Waals surface area contributed by atoms with Crippen LogP contribution >= 0.6 is 11.6 Å². The highest BCUT2D eigenvalue weighted by Gasteiger charge is 2.43. The minimum Gasteiger partial charge on any atom is -0.444 e. The van der Waals surface area contributed by atoms with Crippen molar-refractivity contribution in [1.82, 2.24) is 9.21 Å². The molecule has 0 aromatic heterocycles. The van der Waals surface area contributed by atoms with Gasteiger partial charge in [0.1, 0.15) is 17.2 Å². The van der Waals surface area contributed by atoms with Crippen LogP contribution in [-0.4, -0.2) is 79.7 Å². The summed E-state index contributed by atoms with van der Waals surface area (Å²) in [6.07, 6.45) is 0.923. The Morgan fingerprint density at radius 2 is 1.67 bits per heavy atom. The minimum absolute atomic E-state index is 0.00703. The summed E-state index contributed by atoms with van der Waals surface area (Å²) in [5.41, 5.74) is 7.15.